The standard InChI is InChI=1S/C15H24N2OS/c1-2-10-16-19(18)17-11-8-15(9-12-17)13-14-6-4-3-5-7-14/h3-7,15-16H,2,8-13H2,1H3. The van der Waals surface area contributed by atoms with Gasteiger partial charge in [0.05, 0.1) is 0 Å². The van der Waals surface area contributed by atoms with Gasteiger partial charge in [-0.25, -0.2) is 0 Å². The molecule has 1 fully saturated rings. The van der Waals surface area contributed by atoms with Gasteiger partial charge in [-0.3, -0.25) is 0 Å². The van der Waals surface area contributed by atoms with E-state index in [1.54, 1.807) is 0 Å². The number of hydrogen-bond donors (Lipinski definition) is 1. The molecule has 4 heteroatoms. The maximum absolute atomic E-state index is 11.9. The van der Waals surface area contributed by atoms with Crippen molar-refractivity contribution >= 4 is 11.5 Å². The number of hydrogen-bond acceptors (Lipinski definition) is 3. The summed E-state index contributed by atoms with van der Waals surface area (Å²) in [5, 5.41) is 0. The van der Waals surface area contributed by atoms with Crippen LogP contribution in [0, 0.1) is 5.92 Å². The molecular formula is C15H24N2OS. The van der Waals surface area contributed by atoms with Crippen molar-refractivity contribution < 1.29 is 4.55 Å². The van der Waals surface area contributed by atoms with Crippen LogP contribution in [0.5, 0.6) is 0 Å². The summed E-state index contributed by atoms with van der Waals surface area (Å²) in [5.74, 6) is 0.738. The summed E-state index contributed by atoms with van der Waals surface area (Å²) in [4.78, 5) is 0. The van der Waals surface area contributed by atoms with Crippen LogP contribution in [-0.2, 0) is 18.0 Å². The van der Waals surface area contributed by atoms with Crippen LogP contribution in [0.25, 0.3) is 0 Å². The van der Waals surface area contributed by atoms with Gasteiger partial charge < -0.3 is 4.55 Å². The predicted molar refractivity (Wildman–Crippen MR) is 80.9 cm³/mol. The van der Waals surface area contributed by atoms with Gasteiger partial charge in [0.1, 0.15) is 11.5 Å². The average Bonchev–Trinajstić information content (AvgIpc) is 2.46. The lowest BCUT2D eigenvalue weighted by Crippen LogP contribution is -2.45. The van der Waals surface area contributed by atoms with Crippen LogP contribution in [0.2, 0.25) is 0 Å². The fourth-order valence-corrected chi connectivity index (χ4v) is 3.61. The second-order valence-electron chi connectivity index (χ2n) is 5.21. The Kier molecular flexibility index (Phi) is 6.17. The number of benzene rings is 1. The van der Waals surface area contributed by atoms with E-state index in [4.69, 9.17) is 0 Å². The number of piperidine rings is 1. The molecular weight excluding hydrogens is 256 g/mol. The molecule has 1 aliphatic heterocycles. The zero-order chi connectivity index (χ0) is 13.5. The Bertz CT molecular complexity index is 352. The summed E-state index contributed by atoms with van der Waals surface area (Å²) in [6, 6.07) is 10.7. The van der Waals surface area contributed by atoms with Crippen molar-refractivity contribution in [3.8, 4) is 0 Å². The molecule has 1 atom stereocenters. The van der Waals surface area contributed by atoms with Crippen LogP contribution in [-0.4, -0.2) is 28.5 Å². The van der Waals surface area contributed by atoms with Gasteiger partial charge in [0.15, 0.2) is 0 Å². The van der Waals surface area contributed by atoms with Gasteiger partial charge >= 0.3 is 0 Å². The highest BCUT2D eigenvalue weighted by Crippen LogP contribution is 2.22. The van der Waals surface area contributed by atoms with E-state index in [1.165, 1.54) is 5.56 Å². The molecule has 0 radical (unpaired) electrons. The monoisotopic (exact) mass is 280 g/mol. The molecule has 0 amide bonds. The Balaban J connectivity index is 1.73. The molecule has 2 rings (SSSR count). The van der Waals surface area contributed by atoms with E-state index in [-0.39, 0.29) is 0 Å². The van der Waals surface area contributed by atoms with Gasteiger partial charge in [0.2, 0.25) is 0 Å². The molecule has 1 heterocycles. The summed E-state index contributed by atoms with van der Waals surface area (Å²) in [5.41, 5.74) is 1.42. The zero-order valence-electron chi connectivity index (χ0n) is 11.7. The third kappa shape index (κ3) is 4.80. The molecule has 3 nitrogen and oxygen atoms in total. The minimum absolute atomic E-state index is 0.738. The van der Waals surface area contributed by atoms with Crippen LogP contribution in [0.15, 0.2) is 30.3 Å². The topological polar surface area (TPSA) is 38.3 Å². The molecule has 1 unspecified atom stereocenters. The van der Waals surface area contributed by atoms with Crippen LogP contribution in [0.3, 0.4) is 0 Å². The van der Waals surface area contributed by atoms with Gasteiger partial charge in [0, 0.05) is 19.6 Å². The molecule has 1 aromatic rings. The Labute approximate surface area is 119 Å². The van der Waals surface area contributed by atoms with E-state index in [0.29, 0.717) is 0 Å². The molecule has 0 aliphatic carbocycles. The molecule has 19 heavy (non-hydrogen) atoms. The lowest BCUT2D eigenvalue weighted by atomic mass is 9.91. The summed E-state index contributed by atoms with van der Waals surface area (Å²) >= 11 is -0.984. The molecule has 0 bridgehead atoms. The summed E-state index contributed by atoms with van der Waals surface area (Å²) < 4.78 is 17.1. The maximum Gasteiger partial charge on any atom is 0.137 e. The zero-order valence-corrected chi connectivity index (χ0v) is 12.5. The quantitative estimate of drug-likeness (QED) is 0.814. The lowest BCUT2D eigenvalue weighted by molar-refractivity contribution is 0.270. The van der Waals surface area contributed by atoms with E-state index in [2.05, 4.69) is 46.3 Å². The predicted octanol–water partition coefficient (Wildman–Crippen LogP) is 2.52. The highest BCUT2D eigenvalue weighted by atomic mass is 32.2. The van der Waals surface area contributed by atoms with Crippen LogP contribution in [0.4, 0.5) is 0 Å². The van der Waals surface area contributed by atoms with E-state index >= 15 is 0 Å². The minimum Gasteiger partial charge on any atom is -0.579 e. The first-order valence-corrected chi connectivity index (χ1v) is 8.34. The normalized spacial score (nSPS) is 19.5. The highest BCUT2D eigenvalue weighted by Gasteiger charge is 2.26. The van der Waals surface area contributed by atoms with E-state index < -0.39 is 11.5 Å². The Hall–Kier alpha value is -0.550. The van der Waals surface area contributed by atoms with Gasteiger partial charge in [-0.2, -0.15) is 0 Å². The second kappa shape index (κ2) is 7.90. The SMILES string of the molecule is CCCN[S+]([O-])N1CCC(Cc2ccccc2)CC1. The largest absolute Gasteiger partial charge is 0.579 e. The summed E-state index contributed by atoms with van der Waals surface area (Å²) in [6.07, 6.45) is 4.47. The first kappa shape index (κ1) is 14.9. The van der Waals surface area contributed by atoms with Crippen molar-refractivity contribution in [2.45, 2.75) is 32.6 Å². The van der Waals surface area contributed by atoms with Crippen LogP contribution < -0.4 is 4.72 Å². The van der Waals surface area contributed by atoms with Gasteiger partial charge in [0.25, 0.3) is 0 Å². The van der Waals surface area contributed by atoms with Crippen molar-refractivity contribution in [3.05, 3.63) is 35.9 Å². The number of nitrogens with one attached hydrogen (secondary N) is 1. The molecule has 0 spiro atoms. The smallest absolute Gasteiger partial charge is 0.137 e. The number of rotatable bonds is 6. The minimum atomic E-state index is -0.984. The van der Waals surface area contributed by atoms with Crippen molar-refractivity contribution in [2.75, 3.05) is 19.6 Å². The lowest BCUT2D eigenvalue weighted by Gasteiger charge is -2.31. The van der Waals surface area contributed by atoms with Crippen molar-refractivity contribution in [1.29, 1.82) is 0 Å². The van der Waals surface area contributed by atoms with Crippen LogP contribution >= 0.6 is 0 Å². The third-order valence-corrected chi connectivity index (χ3v) is 4.94. The molecule has 106 valence electrons. The molecule has 1 N–H and O–H groups in total. The molecule has 1 saturated heterocycles. The van der Waals surface area contributed by atoms with E-state index in [0.717, 1.165) is 51.2 Å². The molecule has 1 aliphatic rings. The van der Waals surface area contributed by atoms with Crippen molar-refractivity contribution in [1.82, 2.24) is 9.03 Å². The third-order valence-electron chi connectivity index (χ3n) is 3.65. The fourth-order valence-electron chi connectivity index (χ4n) is 2.51. The van der Waals surface area contributed by atoms with Crippen molar-refractivity contribution in [3.63, 3.8) is 0 Å². The molecule has 0 saturated carbocycles. The highest BCUT2D eigenvalue weighted by molar-refractivity contribution is 7.87. The molecule has 0 aromatic heterocycles. The van der Waals surface area contributed by atoms with Gasteiger partial charge in [-0.1, -0.05) is 37.3 Å². The van der Waals surface area contributed by atoms with E-state index in [1.807, 2.05) is 0 Å². The van der Waals surface area contributed by atoms with E-state index in [9.17, 15) is 4.55 Å². The first-order valence-electron chi connectivity index (χ1n) is 7.24. The maximum atomic E-state index is 11.9. The van der Waals surface area contributed by atoms with Gasteiger partial charge in [-0.15, -0.1) is 9.03 Å². The van der Waals surface area contributed by atoms with Crippen LogP contribution in [0.1, 0.15) is 31.7 Å². The Morgan fingerprint density at radius 3 is 2.58 bits per heavy atom. The Morgan fingerprint density at radius 1 is 1.26 bits per heavy atom. The van der Waals surface area contributed by atoms with Gasteiger partial charge in [-0.05, 0) is 37.2 Å². The molecule has 1 aromatic carbocycles. The van der Waals surface area contributed by atoms with Crippen molar-refractivity contribution in [2.24, 2.45) is 5.92 Å². The Morgan fingerprint density at radius 2 is 1.95 bits per heavy atom. The summed E-state index contributed by atoms with van der Waals surface area (Å²) in [6.45, 7) is 4.81. The second-order valence-corrected chi connectivity index (χ2v) is 6.51. The average molecular weight is 280 g/mol. The fraction of sp³-hybridized carbons (Fsp3) is 0.600. The number of nitrogens with zero attached hydrogens (tertiary/aromatic N) is 1. The summed E-state index contributed by atoms with van der Waals surface area (Å²) in [7, 11) is 0. The first-order chi connectivity index (χ1) is 9.29.